The van der Waals surface area contributed by atoms with Gasteiger partial charge in [0.05, 0.1) is 12.0 Å². The fourth-order valence-corrected chi connectivity index (χ4v) is 3.27. The van der Waals surface area contributed by atoms with E-state index in [2.05, 4.69) is 22.3 Å². The zero-order valence-electron chi connectivity index (χ0n) is 15.1. The lowest BCUT2D eigenvalue weighted by Gasteiger charge is -2.14. The highest BCUT2D eigenvalue weighted by Crippen LogP contribution is 2.29. The molecule has 144 valence electrons. The molecule has 0 radical (unpaired) electrons. The quantitative estimate of drug-likeness (QED) is 0.821. The van der Waals surface area contributed by atoms with E-state index in [1.165, 1.54) is 30.5 Å². The van der Waals surface area contributed by atoms with E-state index in [-0.39, 0.29) is 12.3 Å². The van der Waals surface area contributed by atoms with Crippen LogP contribution in [0.5, 0.6) is 0 Å². The van der Waals surface area contributed by atoms with Crippen molar-refractivity contribution >= 4 is 5.91 Å². The van der Waals surface area contributed by atoms with E-state index < -0.39 is 11.7 Å². The first kappa shape index (κ1) is 19.4. The first-order valence-corrected chi connectivity index (χ1v) is 9.13. The number of alkyl halides is 3. The van der Waals surface area contributed by atoms with Gasteiger partial charge in [0, 0.05) is 13.1 Å². The van der Waals surface area contributed by atoms with Crippen molar-refractivity contribution in [3.8, 4) is 0 Å². The van der Waals surface area contributed by atoms with Crippen molar-refractivity contribution in [2.75, 3.05) is 13.1 Å². The van der Waals surface area contributed by atoms with Crippen LogP contribution in [0.15, 0.2) is 48.5 Å². The Morgan fingerprint density at radius 1 is 0.963 bits per heavy atom. The Labute approximate surface area is 157 Å². The number of carbonyl (C=O) groups excluding carboxylic acids is 1. The van der Waals surface area contributed by atoms with Crippen LogP contribution in [0.25, 0.3) is 0 Å². The fourth-order valence-electron chi connectivity index (χ4n) is 3.27. The number of rotatable bonds is 6. The zero-order valence-corrected chi connectivity index (χ0v) is 15.1. The van der Waals surface area contributed by atoms with Crippen LogP contribution in [0.4, 0.5) is 13.2 Å². The molecule has 0 spiro atoms. The maximum Gasteiger partial charge on any atom is 0.416 e. The molecule has 3 rings (SSSR count). The summed E-state index contributed by atoms with van der Waals surface area (Å²) in [6.07, 6.45) is -1.95. The van der Waals surface area contributed by atoms with Crippen LogP contribution in [0, 0.1) is 0 Å². The van der Waals surface area contributed by atoms with Gasteiger partial charge in [0.25, 0.3) is 0 Å². The topological polar surface area (TPSA) is 32.3 Å². The van der Waals surface area contributed by atoms with Gasteiger partial charge >= 0.3 is 6.18 Å². The van der Waals surface area contributed by atoms with E-state index in [9.17, 15) is 18.0 Å². The molecule has 2 aromatic carbocycles. The van der Waals surface area contributed by atoms with Crippen LogP contribution in [-0.2, 0) is 30.5 Å². The van der Waals surface area contributed by atoms with Gasteiger partial charge in [-0.3, -0.25) is 9.69 Å². The minimum atomic E-state index is -4.40. The summed E-state index contributed by atoms with van der Waals surface area (Å²) in [5.41, 5.74) is 1.83. The molecule has 1 aliphatic heterocycles. The molecule has 0 bridgehead atoms. The third-order valence-corrected chi connectivity index (χ3v) is 4.74. The predicted octanol–water partition coefficient (Wildman–Crippen LogP) is 4.16. The van der Waals surface area contributed by atoms with E-state index >= 15 is 0 Å². The Morgan fingerprint density at radius 2 is 1.63 bits per heavy atom. The lowest BCUT2D eigenvalue weighted by atomic mass is 10.1. The van der Waals surface area contributed by atoms with Gasteiger partial charge in [-0.05, 0) is 48.7 Å². The first-order chi connectivity index (χ1) is 12.9. The summed E-state index contributed by atoms with van der Waals surface area (Å²) in [5, 5.41) is 2.77. The van der Waals surface area contributed by atoms with Gasteiger partial charge in [0.15, 0.2) is 0 Å². The van der Waals surface area contributed by atoms with E-state index in [0.717, 1.165) is 37.3 Å². The minimum Gasteiger partial charge on any atom is -0.352 e. The first-order valence-electron chi connectivity index (χ1n) is 9.13. The van der Waals surface area contributed by atoms with Gasteiger partial charge in [-0.2, -0.15) is 13.2 Å². The molecule has 0 aromatic heterocycles. The predicted molar refractivity (Wildman–Crippen MR) is 97.9 cm³/mol. The molecule has 0 unspecified atom stereocenters. The summed E-state index contributed by atoms with van der Waals surface area (Å²) in [7, 11) is 0. The molecule has 1 saturated heterocycles. The largest absolute Gasteiger partial charge is 0.416 e. The van der Waals surface area contributed by atoms with E-state index in [1.807, 2.05) is 12.1 Å². The molecule has 0 atom stereocenters. The number of amides is 1. The molecule has 1 aliphatic rings. The number of likely N-dealkylation sites (tertiary alicyclic amines) is 1. The van der Waals surface area contributed by atoms with Gasteiger partial charge in [-0.25, -0.2) is 0 Å². The molecule has 1 N–H and O–H groups in total. The molecule has 27 heavy (non-hydrogen) atoms. The summed E-state index contributed by atoms with van der Waals surface area (Å²) in [4.78, 5) is 14.5. The number of nitrogens with one attached hydrogen (secondary N) is 1. The molecular weight excluding hydrogens is 353 g/mol. The van der Waals surface area contributed by atoms with Gasteiger partial charge in [0.2, 0.25) is 5.91 Å². The Hall–Kier alpha value is -2.34. The second-order valence-corrected chi connectivity index (χ2v) is 6.95. The number of hydrogen-bond acceptors (Lipinski definition) is 2. The maximum atomic E-state index is 12.7. The van der Waals surface area contributed by atoms with Crippen molar-refractivity contribution in [3.63, 3.8) is 0 Å². The number of carbonyl (C=O) groups is 1. The van der Waals surface area contributed by atoms with E-state index in [4.69, 9.17) is 0 Å². The molecule has 1 fully saturated rings. The third kappa shape index (κ3) is 5.82. The van der Waals surface area contributed by atoms with E-state index in [0.29, 0.717) is 12.1 Å². The standard InChI is InChI=1S/C21H23F3N2O/c22-21(23,24)19-5-3-4-18(12-19)13-20(27)25-14-16-6-8-17(9-7-16)15-26-10-1-2-11-26/h3-9,12H,1-2,10-11,13-15H2,(H,25,27). The van der Waals surface area contributed by atoms with Crippen LogP contribution in [0.3, 0.4) is 0 Å². The van der Waals surface area contributed by atoms with Crippen LogP contribution < -0.4 is 5.32 Å². The monoisotopic (exact) mass is 376 g/mol. The number of nitrogens with zero attached hydrogens (tertiary/aromatic N) is 1. The van der Waals surface area contributed by atoms with Gasteiger partial charge in [0.1, 0.15) is 0 Å². The zero-order chi connectivity index (χ0) is 19.3. The Balaban J connectivity index is 1.49. The normalized spacial score (nSPS) is 15.1. The maximum absolute atomic E-state index is 12.7. The smallest absolute Gasteiger partial charge is 0.352 e. The third-order valence-electron chi connectivity index (χ3n) is 4.74. The molecular formula is C21H23F3N2O. The lowest BCUT2D eigenvalue weighted by Crippen LogP contribution is -2.24. The SMILES string of the molecule is O=C(Cc1cccc(C(F)(F)F)c1)NCc1ccc(CN2CCCC2)cc1. The molecule has 0 saturated carbocycles. The van der Waals surface area contributed by atoms with Crippen molar-refractivity contribution < 1.29 is 18.0 Å². The van der Waals surface area contributed by atoms with Crippen molar-refractivity contribution in [1.82, 2.24) is 10.2 Å². The van der Waals surface area contributed by atoms with Crippen LogP contribution >= 0.6 is 0 Å². The minimum absolute atomic E-state index is 0.0725. The Morgan fingerprint density at radius 3 is 2.30 bits per heavy atom. The number of halogens is 3. The highest BCUT2D eigenvalue weighted by Gasteiger charge is 2.30. The number of benzene rings is 2. The number of hydrogen-bond donors (Lipinski definition) is 1. The Bertz CT molecular complexity index is 766. The molecule has 6 heteroatoms. The summed E-state index contributed by atoms with van der Waals surface area (Å²) >= 11 is 0. The van der Waals surface area contributed by atoms with Crippen molar-refractivity contribution in [3.05, 3.63) is 70.8 Å². The van der Waals surface area contributed by atoms with Crippen LogP contribution in [0.2, 0.25) is 0 Å². The molecule has 3 nitrogen and oxygen atoms in total. The summed E-state index contributed by atoms with van der Waals surface area (Å²) in [6, 6.07) is 13.0. The van der Waals surface area contributed by atoms with Gasteiger partial charge < -0.3 is 5.32 Å². The molecule has 1 amide bonds. The van der Waals surface area contributed by atoms with Gasteiger partial charge in [-0.1, -0.05) is 42.5 Å². The summed E-state index contributed by atoms with van der Waals surface area (Å²) < 4.78 is 38.2. The highest BCUT2D eigenvalue weighted by molar-refractivity contribution is 5.78. The van der Waals surface area contributed by atoms with Crippen molar-refractivity contribution in [1.29, 1.82) is 0 Å². The lowest BCUT2D eigenvalue weighted by molar-refractivity contribution is -0.137. The van der Waals surface area contributed by atoms with Crippen molar-refractivity contribution in [2.24, 2.45) is 0 Å². The van der Waals surface area contributed by atoms with Crippen LogP contribution in [0.1, 0.15) is 35.1 Å². The summed E-state index contributed by atoms with van der Waals surface area (Å²) in [6.45, 7) is 3.60. The highest BCUT2D eigenvalue weighted by atomic mass is 19.4. The van der Waals surface area contributed by atoms with Crippen LogP contribution in [-0.4, -0.2) is 23.9 Å². The summed E-state index contributed by atoms with van der Waals surface area (Å²) in [5.74, 6) is -0.296. The second kappa shape index (κ2) is 8.57. The molecule has 1 heterocycles. The Kier molecular flexibility index (Phi) is 6.16. The fraction of sp³-hybridized carbons (Fsp3) is 0.381. The average Bonchev–Trinajstić information content (AvgIpc) is 3.14. The van der Waals surface area contributed by atoms with Crippen molar-refractivity contribution in [2.45, 2.75) is 38.5 Å². The second-order valence-electron chi connectivity index (χ2n) is 6.95. The molecule has 0 aliphatic carbocycles. The average molecular weight is 376 g/mol. The van der Waals surface area contributed by atoms with Gasteiger partial charge in [-0.15, -0.1) is 0 Å². The van der Waals surface area contributed by atoms with E-state index in [1.54, 1.807) is 0 Å². The molecule has 2 aromatic rings.